The Kier molecular flexibility index (Phi) is 5.50. The lowest BCUT2D eigenvalue weighted by Crippen LogP contribution is -2.14. The van der Waals surface area contributed by atoms with E-state index in [9.17, 15) is 18.0 Å². The molecule has 0 unspecified atom stereocenters. The first kappa shape index (κ1) is 17.1. The highest BCUT2D eigenvalue weighted by Crippen LogP contribution is 2.32. The van der Waals surface area contributed by atoms with Gasteiger partial charge in [-0.15, -0.1) is 0 Å². The molecule has 23 heavy (non-hydrogen) atoms. The van der Waals surface area contributed by atoms with Crippen molar-refractivity contribution in [2.45, 2.75) is 18.2 Å². The van der Waals surface area contributed by atoms with Crippen LogP contribution in [0.4, 0.5) is 13.2 Å². The van der Waals surface area contributed by atoms with Gasteiger partial charge in [0.05, 0.1) is 6.42 Å². The molecule has 0 atom stereocenters. The normalized spacial score (nSPS) is 11.1. The Morgan fingerprint density at radius 3 is 2.26 bits per heavy atom. The lowest BCUT2D eigenvalue weighted by molar-refractivity contribution is -0.135. The van der Waals surface area contributed by atoms with E-state index < -0.39 is 30.0 Å². The monoisotopic (exact) mass is 344 g/mol. The molecule has 0 fully saturated rings. The van der Waals surface area contributed by atoms with Crippen molar-refractivity contribution in [3.63, 3.8) is 0 Å². The van der Waals surface area contributed by atoms with Crippen molar-refractivity contribution < 1.29 is 27.4 Å². The van der Waals surface area contributed by atoms with Gasteiger partial charge in [0, 0.05) is 6.42 Å². The summed E-state index contributed by atoms with van der Waals surface area (Å²) in [6.45, 7) is 0. The molecule has 7 heteroatoms. The molecule has 0 spiro atoms. The second kappa shape index (κ2) is 7.37. The summed E-state index contributed by atoms with van der Waals surface area (Å²) in [5.74, 6) is -0.674. The number of para-hydroxylation sites is 2. The van der Waals surface area contributed by atoms with Crippen LogP contribution in [0.2, 0.25) is 0 Å². The summed E-state index contributed by atoms with van der Waals surface area (Å²) < 4.78 is 48.4. The van der Waals surface area contributed by atoms with Crippen molar-refractivity contribution in [2.24, 2.45) is 0 Å². The largest absolute Gasteiger partial charge is 0.453 e. The molecule has 0 aliphatic carbocycles. The van der Waals surface area contributed by atoms with Gasteiger partial charge in [-0.3, -0.25) is 4.79 Å². The fourth-order valence-electron chi connectivity index (χ4n) is 1.67. The highest BCUT2D eigenvalue weighted by molar-refractivity contribution is 6.21. The average molecular weight is 345 g/mol. The Labute approximate surface area is 135 Å². The zero-order chi connectivity index (χ0) is 16.9. The van der Waals surface area contributed by atoms with Crippen molar-refractivity contribution in [2.75, 3.05) is 0 Å². The Morgan fingerprint density at radius 1 is 1.04 bits per heavy atom. The molecule has 3 nitrogen and oxygen atoms in total. The highest BCUT2D eigenvalue weighted by Gasteiger charge is 2.26. The van der Waals surface area contributed by atoms with Crippen LogP contribution in [0.1, 0.15) is 12.8 Å². The zero-order valence-electron chi connectivity index (χ0n) is 11.8. The molecule has 0 N–H and O–H groups in total. The van der Waals surface area contributed by atoms with E-state index in [4.69, 9.17) is 21.1 Å². The third kappa shape index (κ3) is 5.83. The molecule has 2 aromatic carbocycles. The minimum Gasteiger partial charge on any atom is -0.453 e. The van der Waals surface area contributed by atoms with Gasteiger partial charge in [-0.05, 0) is 48.0 Å². The van der Waals surface area contributed by atoms with Crippen molar-refractivity contribution in [3.05, 3.63) is 54.3 Å². The maximum Gasteiger partial charge on any atom is 0.322 e. The zero-order valence-corrected chi connectivity index (χ0v) is 12.5. The van der Waals surface area contributed by atoms with E-state index in [0.29, 0.717) is 5.75 Å². The summed E-state index contributed by atoms with van der Waals surface area (Å²) in [6.07, 6.45) is -1.37. The first-order valence-corrected chi connectivity index (χ1v) is 7.01. The number of hydrogen-bond acceptors (Lipinski definition) is 3. The molecule has 122 valence electrons. The van der Waals surface area contributed by atoms with Crippen molar-refractivity contribution in [1.29, 1.82) is 0 Å². The molecule has 0 amide bonds. The molecule has 0 aromatic heterocycles. The number of ether oxygens (including phenoxy) is 2. The molecule has 0 aliphatic heterocycles. The first-order valence-electron chi connectivity index (χ1n) is 6.63. The molecule has 2 aromatic rings. The van der Waals surface area contributed by atoms with Gasteiger partial charge in [0.1, 0.15) is 11.6 Å². The molecular formula is C16H12ClF3O3. The Hall–Kier alpha value is -2.21. The maximum atomic E-state index is 12.9. The van der Waals surface area contributed by atoms with Crippen LogP contribution in [0.5, 0.6) is 17.2 Å². The summed E-state index contributed by atoms with van der Waals surface area (Å²) in [4.78, 5) is 11.6. The molecular weight excluding hydrogens is 333 g/mol. The standard InChI is InChI=1S/C16H12ClF3O3/c17-16(19,20)10-9-15(21)23-14-4-2-1-3-13(14)22-12-7-5-11(18)6-8-12/h1-8H,9-10H2. The Balaban J connectivity index is 2.05. The third-order valence-corrected chi connectivity index (χ3v) is 2.92. The minimum atomic E-state index is -3.46. The number of hydrogen-bond donors (Lipinski definition) is 0. The highest BCUT2D eigenvalue weighted by atomic mass is 35.5. The van der Waals surface area contributed by atoms with Gasteiger partial charge >= 0.3 is 11.4 Å². The number of carbonyl (C=O) groups is 1. The lowest BCUT2D eigenvalue weighted by Gasteiger charge is -2.12. The van der Waals surface area contributed by atoms with Gasteiger partial charge in [0.25, 0.3) is 0 Å². The third-order valence-electron chi connectivity index (χ3n) is 2.73. The van der Waals surface area contributed by atoms with Crippen molar-refractivity contribution in [3.8, 4) is 17.2 Å². The van der Waals surface area contributed by atoms with Crippen LogP contribution < -0.4 is 9.47 Å². The molecule has 0 bridgehead atoms. The van der Waals surface area contributed by atoms with Crippen LogP contribution in [-0.4, -0.2) is 11.4 Å². The van der Waals surface area contributed by atoms with E-state index in [2.05, 4.69) is 0 Å². The summed E-state index contributed by atoms with van der Waals surface area (Å²) in [5.41, 5.74) is 0. The van der Waals surface area contributed by atoms with E-state index in [-0.39, 0.29) is 11.5 Å². The van der Waals surface area contributed by atoms with E-state index >= 15 is 0 Å². The predicted molar refractivity (Wildman–Crippen MR) is 78.6 cm³/mol. The number of halogens is 4. The summed E-state index contributed by atoms with van der Waals surface area (Å²) in [7, 11) is 0. The van der Waals surface area contributed by atoms with Crippen molar-refractivity contribution in [1.82, 2.24) is 0 Å². The molecule has 0 saturated heterocycles. The molecule has 0 saturated carbocycles. The molecule has 0 heterocycles. The minimum absolute atomic E-state index is 0.0692. The fourth-order valence-corrected chi connectivity index (χ4v) is 1.76. The summed E-state index contributed by atoms with van der Waals surface area (Å²) in [6, 6.07) is 11.5. The summed E-state index contributed by atoms with van der Waals surface area (Å²) in [5, 5.41) is -3.46. The van der Waals surface area contributed by atoms with Crippen LogP contribution in [0, 0.1) is 5.82 Å². The van der Waals surface area contributed by atoms with Gasteiger partial charge < -0.3 is 9.47 Å². The van der Waals surface area contributed by atoms with Crippen LogP contribution >= 0.6 is 11.6 Å². The SMILES string of the molecule is O=C(CCC(F)(F)Cl)Oc1ccccc1Oc1ccc(F)cc1. The van der Waals surface area contributed by atoms with Crippen LogP contribution in [0.3, 0.4) is 0 Å². The van der Waals surface area contributed by atoms with Gasteiger partial charge in [0.2, 0.25) is 0 Å². The van der Waals surface area contributed by atoms with Gasteiger partial charge in [-0.1, -0.05) is 12.1 Å². The quantitative estimate of drug-likeness (QED) is 0.414. The maximum absolute atomic E-state index is 12.9. The number of benzene rings is 2. The second-order valence-corrected chi connectivity index (χ2v) is 5.14. The number of esters is 1. The van der Waals surface area contributed by atoms with Crippen LogP contribution in [0.15, 0.2) is 48.5 Å². The molecule has 0 radical (unpaired) electrons. The Bertz CT molecular complexity index is 669. The number of alkyl halides is 3. The average Bonchev–Trinajstić information content (AvgIpc) is 2.49. The Morgan fingerprint density at radius 2 is 1.65 bits per heavy atom. The van der Waals surface area contributed by atoms with E-state index in [1.807, 2.05) is 0 Å². The topological polar surface area (TPSA) is 35.5 Å². The molecule has 0 aliphatic rings. The van der Waals surface area contributed by atoms with Gasteiger partial charge in [-0.2, -0.15) is 8.78 Å². The smallest absolute Gasteiger partial charge is 0.322 e. The summed E-state index contributed by atoms with van der Waals surface area (Å²) >= 11 is 4.74. The lowest BCUT2D eigenvalue weighted by atomic mass is 10.3. The predicted octanol–water partition coefficient (Wildman–Crippen LogP) is 5.14. The van der Waals surface area contributed by atoms with Crippen molar-refractivity contribution >= 4 is 17.6 Å². The van der Waals surface area contributed by atoms with Gasteiger partial charge in [-0.25, -0.2) is 4.39 Å². The first-order chi connectivity index (χ1) is 10.8. The number of rotatable bonds is 6. The van der Waals surface area contributed by atoms with E-state index in [0.717, 1.165) is 0 Å². The van der Waals surface area contributed by atoms with Crippen LogP contribution in [-0.2, 0) is 4.79 Å². The second-order valence-electron chi connectivity index (χ2n) is 4.59. The van der Waals surface area contributed by atoms with Crippen LogP contribution in [0.25, 0.3) is 0 Å². The van der Waals surface area contributed by atoms with E-state index in [1.165, 1.54) is 36.4 Å². The number of carbonyl (C=O) groups excluding carboxylic acids is 1. The fraction of sp³-hybridized carbons (Fsp3) is 0.188. The van der Waals surface area contributed by atoms with E-state index in [1.54, 1.807) is 12.1 Å². The molecule has 2 rings (SSSR count). The van der Waals surface area contributed by atoms with Gasteiger partial charge in [0.15, 0.2) is 11.5 Å².